The first-order valence-corrected chi connectivity index (χ1v) is 9.27. The molecule has 0 amide bonds. The molecule has 7 nitrogen and oxygen atoms in total. The molecule has 4 aromatic rings. The lowest BCUT2D eigenvalue weighted by Crippen LogP contribution is -2.50. The molecule has 0 aliphatic carbocycles. The number of pyridine rings is 1. The maximum absolute atomic E-state index is 14.7. The number of nitrogens with two attached hydrogens (primary N) is 1. The molecule has 8 heteroatoms. The van der Waals surface area contributed by atoms with Gasteiger partial charge in [-0.25, -0.2) is 4.39 Å². The molecule has 0 saturated carbocycles. The molecule has 0 saturated heterocycles. The predicted molar refractivity (Wildman–Crippen MR) is 109 cm³/mol. The van der Waals surface area contributed by atoms with Gasteiger partial charge >= 0.3 is 0 Å². The van der Waals surface area contributed by atoms with E-state index >= 15 is 0 Å². The summed E-state index contributed by atoms with van der Waals surface area (Å²) in [5.41, 5.74) is 9.56. The number of nitrogens with one attached hydrogen (secondary N) is 1. The summed E-state index contributed by atoms with van der Waals surface area (Å²) in [7, 11) is 1.85. The lowest BCUT2D eigenvalue weighted by molar-refractivity contribution is -0.610. The third-order valence-electron chi connectivity index (χ3n) is 4.78. The zero-order chi connectivity index (χ0) is 20.5. The molecule has 0 bridgehead atoms. The second-order valence-corrected chi connectivity index (χ2v) is 6.90. The van der Waals surface area contributed by atoms with Crippen molar-refractivity contribution in [3.8, 4) is 11.1 Å². The van der Waals surface area contributed by atoms with Crippen molar-refractivity contribution in [1.82, 2.24) is 19.9 Å². The standard InChI is InChI=1S/C21H20FN7/c1-3-17-4-5-20(23)29(27-17)21(24)8-13-6-14-7-15(16-11-26-28(2)12-16)10-25-19(14)9-18(13)22/h4-7,9-12,23-24H,3,8H2,1-2H3/p+1. The Bertz CT molecular complexity index is 1230. The van der Waals surface area contributed by atoms with Crippen LogP contribution in [-0.4, -0.2) is 25.7 Å². The van der Waals surface area contributed by atoms with Crippen LogP contribution in [0.1, 0.15) is 18.2 Å². The number of hydrogen-bond donors (Lipinski definition) is 2. The number of benzene rings is 1. The summed E-state index contributed by atoms with van der Waals surface area (Å²) in [6, 6.07) is 8.60. The molecular formula is C21H21FN7+. The highest BCUT2D eigenvalue weighted by molar-refractivity contribution is 5.85. The van der Waals surface area contributed by atoms with Crippen molar-refractivity contribution in [2.45, 2.75) is 19.8 Å². The number of rotatable bonds is 4. The van der Waals surface area contributed by atoms with E-state index in [2.05, 4.69) is 15.2 Å². The molecular weight excluding hydrogens is 369 g/mol. The molecule has 0 radical (unpaired) electrons. The number of hydrogen-bond acceptors (Lipinski definition) is 5. The molecule has 3 heterocycles. The number of nitrogens with zero attached hydrogens (tertiary/aromatic N) is 5. The summed E-state index contributed by atoms with van der Waals surface area (Å²) in [4.78, 5) is 4.37. The molecule has 0 atom stereocenters. The normalized spacial score (nSPS) is 11.1. The van der Waals surface area contributed by atoms with Crippen LogP contribution >= 0.6 is 0 Å². The van der Waals surface area contributed by atoms with E-state index in [1.807, 2.05) is 32.3 Å². The Hall–Kier alpha value is -3.68. The van der Waals surface area contributed by atoms with E-state index in [1.54, 1.807) is 29.2 Å². The first kappa shape index (κ1) is 18.7. The number of aromatic nitrogens is 5. The predicted octanol–water partition coefficient (Wildman–Crippen LogP) is 2.67. The van der Waals surface area contributed by atoms with Crippen LogP contribution in [0, 0.1) is 11.2 Å². The Morgan fingerprint density at radius 3 is 2.76 bits per heavy atom. The Kier molecular flexibility index (Phi) is 4.75. The minimum Gasteiger partial charge on any atom is -0.317 e. The molecule has 146 valence electrons. The fourth-order valence-corrected chi connectivity index (χ4v) is 3.19. The minimum atomic E-state index is -0.408. The topological polar surface area (TPSA) is 97.3 Å². The smallest absolute Gasteiger partial charge is 0.258 e. The van der Waals surface area contributed by atoms with Crippen molar-refractivity contribution in [3.63, 3.8) is 0 Å². The minimum absolute atomic E-state index is 0.0634. The van der Waals surface area contributed by atoms with Gasteiger partial charge in [0.05, 0.1) is 23.8 Å². The van der Waals surface area contributed by atoms with E-state index in [4.69, 9.17) is 11.1 Å². The van der Waals surface area contributed by atoms with Gasteiger partial charge < -0.3 is 5.73 Å². The summed E-state index contributed by atoms with van der Waals surface area (Å²) in [6.07, 6.45) is 6.15. The fourth-order valence-electron chi connectivity index (χ4n) is 3.19. The summed E-state index contributed by atoms with van der Waals surface area (Å²) < 4.78 is 17.7. The van der Waals surface area contributed by atoms with Gasteiger partial charge in [-0.15, -0.1) is 9.78 Å². The van der Waals surface area contributed by atoms with Crippen molar-refractivity contribution >= 4 is 22.6 Å². The van der Waals surface area contributed by atoms with Crippen LogP contribution in [0.5, 0.6) is 0 Å². The van der Waals surface area contributed by atoms with Crippen molar-refractivity contribution in [3.05, 3.63) is 66.0 Å². The molecule has 29 heavy (non-hydrogen) atoms. The maximum Gasteiger partial charge on any atom is 0.258 e. The Balaban J connectivity index is 1.70. The van der Waals surface area contributed by atoms with E-state index in [-0.39, 0.29) is 12.3 Å². The highest BCUT2D eigenvalue weighted by Gasteiger charge is 2.17. The van der Waals surface area contributed by atoms with Crippen LogP contribution in [-0.2, 0) is 19.9 Å². The SMILES string of the molecule is CCc1ccc(N)[n+](C(=N)Cc2cc3cc(-c4cnn(C)c4)cnc3cc2F)n1. The lowest BCUT2D eigenvalue weighted by atomic mass is 10.0. The van der Waals surface area contributed by atoms with Crippen molar-refractivity contribution in [1.29, 1.82) is 5.41 Å². The molecule has 0 aliphatic heterocycles. The Morgan fingerprint density at radius 1 is 1.21 bits per heavy atom. The molecule has 3 aromatic heterocycles. The first-order chi connectivity index (χ1) is 13.9. The van der Waals surface area contributed by atoms with Crippen molar-refractivity contribution < 1.29 is 9.07 Å². The third-order valence-corrected chi connectivity index (χ3v) is 4.78. The molecule has 0 aliphatic rings. The summed E-state index contributed by atoms with van der Waals surface area (Å²) in [6.45, 7) is 1.97. The zero-order valence-electron chi connectivity index (χ0n) is 16.2. The zero-order valence-corrected chi connectivity index (χ0v) is 16.2. The second kappa shape index (κ2) is 7.38. The molecule has 1 aromatic carbocycles. The second-order valence-electron chi connectivity index (χ2n) is 6.90. The molecule has 3 N–H and O–H groups in total. The highest BCUT2D eigenvalue weighted by atomic mass is 19.1. The monoisotopic (exact) mass is 390 g/mol. The van der Waals surface area contributed by atoms with Gasteiger partial charge in [0.15, 0.2) is 0 Å². The number of anilines is 1. The van der Waals surface area contributed by atoms with Crippen LogP contribution in [0.15, 0.2) is 48.9 Å². The maximum atomic E-state index is 14.7. The van der Waals surface area contributed by atoms with E-state index in [9.17, 15) is 4.39 Å². The van der Waals surface area contributed by atoms with Gasteiger partial charge in [0, 0.05) is 48.1 Å². The van der Waals surface area contributed by atoms with Gasteiger partial charge in [-0.1, -0.05) is 6.92 Å². The van der Waals surface area contributed by atoms with Crippen LogP contribution in [0.25, 0.3) is 22.0 Å². The number of halogens is 1. The number of aryl methyl sites for hydroxylation is 2. The van der Waals surface area contributed by atoms with Gasteiger partial charge in [0.25, 0.3) is 5.84 Å². The van der Waals surface area contributed by atoms with E-state index in [0.717, 1.165) is 28.6 Å². The number of nitrogen functional groups attached to an aromatic ring is 1. The van der Waals surface area contributed by atoms with Crippen LogP contribution < -0.4 is 10.4 Å². The average Bonchev–Trinajstić information content (AvgIpc) is 3.15. The van der Waals surface area contributed by atoms with Gasteiger partial charge in [-0.2, -0.15) is 10.5 Å². The summed E-state index contributed by atoms with van der Waals surface area (Å²) in [5, 5.41) is 17.7. The van der Waals surface area contributed by atoms with Gasteiger partial charge in [-0.3, -0.25) is 9.67 Å². The summed E-state index contributed by atoms with van der Waals surface area (Å²) >= 11 is 0. The van der Waals surface area contributed by atoms with Crippen LogP contribution in [0.2, 0.25) is 0 Å². The third kappa shape index (κ3) is 3.69. The molecule has 4 rings (SSSR count). The fraction of sp³-hybridized carbons (Fsp3) is 0.190. The first-order valence-electron chi connectivity index (χ1n) is 9.27. The van der Waals surface area contributed by atoms with E-state index in [0.29, 0.717) is 16.9 Å². The van der Waals surface area contributed by atoms with Gasteiger partial charge in [-0.05, 0) is 30.2 Å². The van der Waals surface area contributed by atoms with Crippen LogP contribution in [0.3, 0.4) is 0 Å². The van der Waals surface area contributed by atoms with Gasteiger partial charge in [0.2, 0.25) is 5.82 Å². The molecule has 0 unspecified atom stereocenters. The largest absolute Gasteiger partial charge is 0.317 e. The Labute approximate surface area is 167 Å². The van der Waals surface area contributed by atoms with Crippen LogP contribution in [0.4, 0.5) is 10.2 Å². The van der Waals surface area contributed by atoms with Crippen molar-refractivity contribution in [2.24, 2.45) is 7.05 Å². The van der Waals surface area contributed by atoms with E-state index in [1.165, 1.54) is 10.7 Å². The number of fused-ring (bicyclic) bond motifs is 1. The Morgan fingerprint density at radius 2 is 2.03 bits per heavy atom. The lowest BCUT2D eigenvalue weighted by Gasteiger charge is -2.08. The van der Waals surface area contributed by atoms with E-state index < -0.39 is 5.82 Å². The molecule has 0 spiro atoms. The summed E-state index contributed by atoms with van der Waals surface area (Å²) in [5.74, 6) is 0.0380. The van der Waals surface area contributed by atoms with Crippen molar-refractivity contribution in [2.75, 3.05) is 5.73 Å². The van der Waals surface area contributed by atoms with Gasteiger partial charge in [0.1, 0.15) is 5.82 Å². The average molecular weight is 390 g/mol. The molecule has 0 fully saturated rings. The highest BCUT2D eigenvalue weighted by Crippen LogP contribution is 2.24. The quantitative estimate of drug-likeness (QED) is 0.318.